The lowest BCUT2D eigenvalue weighted by atomic mass is 9.79. The number of rotatable bonds is 8. The Hall–Kier alpha value is -1.75. The highest BCUT2D eigenvalue weighted by molar-refractivity contribution is 5.66. The largest absolute Gasteiger partial charge is 0.504 e. The summed E-state index contributed by atoms with van der Waals surface area (Å²) >= 11 is 0. The molecule has 0 heterocycles. The molecule has 1 aliphatic carbocycles. The highest BCUT2D eigenvalue weighted by atomic mass is 16.5. The van der Waals surface area contributed by atoms with Crippen LogP contribution in [0.25, 0.3) is 0 Å². The number of ether oxygens (including phenoxy) is 2. The Morgan fingerprint density at radius 3 is 2.58 bits per heavy atom. The molecular formula is C21H32O5. The number of carbonyl (C=O) groups is 1. The fourth-order valence-corrected chi connectivity index (χ4v) is 3.80. The fourth-order valence-electron chi connectivity index (χ4n) is 3.80. The van der Waals surface area contributed by atoms with Gasteiger partial charge >= 0.3 is 5.97 Å². The molecule has 0 spiro atoms. The molecule has 0 radical (unpaired) electrons. The first-order chi connectivity index (χ1) is 12.4. The SMILES string of the molecule is COc1cc(CCC(CC(O)C2CCC(C)CC2)OC(C)=O)ccc1O. The van der Waals surface area contributed by atoms with Gasteiger partial charge in [0.1, 0.15) is 6.10 Å². The van der Waals surface area contributed by atoms with E-state index in [4.69, 9.17) is 9.47 Å². The minimum Gasteiger partial charge on any atom is -0.504 e. The van der Waals surface area contributed by atoms with Crippen molar-refractivity contribution in [2.75, 3.05) is 7.11 Å². The van der Waals surface area contributed by atoms with E-state index in [2.05, 4.69) is 6.92 Å². The molecule has 26 heavy (non-hydrogen) atoms. The normalized spacial score (nSPS) is 22.5. The third-order valence-electron chi connectivity index (χ3n) is 5.44. The summed E-state index contributed by atoms with van der Waals surface area (Å²) in [6.07, 6.45) is 5.47. The van der Waals surface area contributed by atoms with E-state index in [1.807, 2.05) is 6.07 Å². The van der Waals surface area contributed by atoms with Gasteiger partial charge in [-0.05, 0) is 55.2 Å². The number of phenols is 1. The zero-order chi connectivity index (χ0) is 19.1. The minimum absolute atomic E-state index is 0.106. The van der Waals surface area contributed by atoms with E-state index >= 15 is 0 Å². The molecule has 2 atom stereocenters. The van der Waals surface area contributed by atoms with Gasteiger partial charge in [0.25, 0.3) is 0 Å². The first kappa shape index (κ1) is 20.6. The van der Waals surface area contributed by atoms with Crippen LogP contribution >= 0.6 is 0 Å². The zero-order valence-electron chi connectivity index (χ0n) is 16.1. The number of aromatic hydroxyl groups is 1. The highest BCUT2D eigenvalue weighted by Crippen LogP contribution is 2.33. The summed E-state index contributed by atoms with van der Waals surface area (Å²) in [5, 5.41) is 20.3. The van der Waals surface area contributed by atoms with Crippen LogP contribution in [-0.4, -0.2) is 35.5 Å². The molecule has 2 N–H and O–H groups in total. The molecule has 1 aliphatic rings. The number of hydrogen-bond acceptors (Lipinski definition) is 5. The molecule has 5 heteroatoms. The Kier molecular flexibility index (Phi) is 7.76. The van der Waals surface area contributed by atoms with E-state index in [9.17, 15) is 15.0 Å². The smallest absolute Gasteiger partial charge is 0.302 e. The number of aryl methyl sites for hydroxylation is 1. The summed E-state index contributed by atoms with van der Waals surface area (Å²) < 4.78 is 10.6. The second-order valence-electron chi connectivity index (χ2n) is 7.60. The standard InChI is InChI=1S/C21H32O5/c1-14-4-8-17(9-5-14)20(24)13-18(26-15(2)22)10-6-16-7-11-19(23)21(12-16)25-3/h7,11-12,14,17-18,20,23-24H,4-6,8-10,13H2,1-3H3. The Morgan fingerprint density at radius 2 is 1.96 bits per heavy atom. The predicted octanol–water partition coefficient (Wildman–Crippen LogP) is 3.84. The number of hydrogen-bond donors (Lipinski definition) is 2. The van der Waals surface area contributed by atoms with Crippen LogP contribution in [0.3, 0.4) is 0 Å². The van der Waals surface area contributed by atoms with Crippen molar-refractivity contribution in [2.45, 2.75) is 71.0 Å². The quantitative estimate of drug-likeness (QED) is 0.686. The van der Waals surface area contributed by atoms with Crippen LogP contribution in [-0.2, 0) is 16.0 Å². The van der Waals surface area contributed by atoms with Crippen molar-refractivity contribution >= 4 is 5.97 Å². The minimum atomic E-state index is -0.429. The monoisotopic (exact) mass is 364 g/mol. The van der Waals surface area contributed by atoms with Crippen LogP contribution in [0.15, 0.2) is 18.2 Å². The topological polar surface area (TPSA) is 76.0 Å². The van der Waals surface area contributed by atoms with Gasteiger partial charge in [0, 0.05) is 13.3 Å². The van der Waals surface area contributed by atoms with Gasteiger partial charge < -0.3 is 19.7 Å². The molecule has 0 aliphatic heterocycles. The van der Waals surface area contributed by atoms with Crippen LogP contribution in [0.2, 0.25) is 0 Å². The lowest BCUT2D eigenvalue weighted by Gasteiger charge is -2.31. The number of carbonyl (C=O) groups excluding carboxylic acids is 1. The Labute approximate surface area is 156 Å². The maximum Gasteiger partial charge on any atom is 0.302 e. The van der Waals surface area contributed by atoms with E-state index in [-0.39, 0.29) is 17.8 Å². The zero-order valence-corrected chi connectivity index (χ0v) is 16.1. The first-order valence-electron chi connectivity index (χ1n) is 9.60. The summed E-state index contributed by atoms with van der Waals surface area (Å²) in [7, 11) is 1.52. The maximum absolute atomic E-state index is 11.5. The van der Waals surface area contributed by atoms with Crippen molar-refractivity contribution in [3.05, 3.63) is 23.8 Å². The lowest BCUT2D eigenvalue weighted by molar-refractivity contribution is -0.148. The molecule has 1 aromatic carbocycles. The van der Waals surface area contributed by atoms with Gasteiger partial charge in [-0.2, -0.15) is 0 Å². The third kappa shape index (κ3) is 6.20. The van der Waals surface area contributed by atoms with Crippen molar-refractivity contribution in [1.82, 2.24) is 0 Å². The molecule has 1 saturated carbocycles. The Balaban J connectivity index is 1.93. The van der Waals surface area contributed by atoms with Crippen molar-refractivity contribution < 1.29 is 24.5 Å². The third-order valence-corrected chi connectivity index (χ3v) is 5.44. The summed E-state index contributed by atoms with van der Waals surface area (Å²) in [6, 6.07) is 5.23. The molecule has 1 fully saturated rings. The Morgan fingerprint density at radius 1 is 1.27 bits per heavy atom. The number of esters is 1. The average molecular weight is 364 g/mol. The molecule has 0 amide bonds. The average Bonchev–Trinajstić information content (AvgIpc) is 2.60. The highest BCUT2D eigenvalue weighted by Gasteiger charge is 2.27. The number of aliphatic hydroxyl groups excluding tert-OH is 1. The van der Waals surface area contributed by atoms with Crippen molar-refractivity contribution in [3.63, 3.8) is 0 Å². The van der Waals surface area contributed by atoms with Crippen LogP contribution in [0.4, 0.5) is 0 Å². The van der Waals surface area contributed by atoms with Crippen molar-refractivity contribution in [1.29, 1.82) is 0 Å². The van der Waals surface area contributed by atoms with Gasteiger partial charge in [-0.15, -0.1) is 0 Å². The summed E-state index contributed by atoms with van der Waals surface area (Å²) in [5.74, 6) is 1.27. The van der Waals surface area contributed by atoms with Crippen LogP contribution < -0.4 is 4.74 Å². The number of phenolic OH excluding ortho intramolecular Hbond substituents is 1. The molecule has 1 aromatic rings. The lowest BCUT2D eigenvalue weighted by Crippen LogP contribution is -2.31. The van der Waals surface area contributed by atoms with Crippen LogP contribution in [0.5, 0.6) is 11.5 Å². The molecule has 146 valence electrons. The van der Waals surface area contributed by atoms with E-state index in [0.717, 1.165) is 37.2 Å². The Bertz CT molecular complexity index is 578. The van der Waals surface area contributed by atoms with Crippen molar-refractivity contribution in [2.24, 2.45) is 11.8 Å². The van der Waals surface area contributed by atoms with Crippen LogP contribution in [0, 0.1) is 11.8 Å². The van der Waals surface area contributed by atoms with Gasteiger partial charge in [-0.1, -0.05) is 25.8 Å². The molecule has 2 rings (SSSR count). The number of benzene rings is 1. The van der Waals surface area contributed by atoms with Gasteiger partial charge in [0.15, 0.2) is 11.5 Å². The molecule has 0 aromatic heterocycles. The van der Waals surface area contributed by atoms with E-state index in [0.29, 0.717) is 30.9 Å². The van der Waals surface area contributed by atoms with Crippen molar-refractivity contribution in [3.8, 4) is 11.5 Å². The van der Waals surface area contributed by atoms with Gasteiger partial charge in [-0.25, -0.2) is 0 Å². The van der Waals surface area contributed by atoms with E-state index in [1.165, 1.54) is 14.0 Å². The molecule has 0 bridgehead atoms. The fraction of sp³-hybridized carbons (Fsp3) is 0.667. The van der Waals surface area contributed by atoms with Gasteiger partial charge in [-0.3, -0.25) is 4.79 Å². The van der Waals surface area contributed by atoms with E-state index < -0.39 is 6.10 Å². The number of aliphatic hydroxyl groups is 1. The van der Waals surface area contributed by atoms with Gasteiger partial charge in [0.2, 0.25) is 0 Å². The second kappa shape index (κ2) is 9.81. The summed E-state index contributed by atoms with van der Waals surface area (Å²) in [6.45, 7) is 3.67. The number of methoxy groups -OCH3 is 1. The second-order valence-corrected chi connectivity index (χ2v) is 7.60. The van der Waals surface area contributed by atoms with Gasteiger partial charge in [0.05, 0.1) is 13.2 Å². The molecule has 2 unspecified atom stereocenters. The molecule has 0 saturated heterocycles. The van der Waals surface area contributed by atoms with E-state index in [1.54, 1.807) is 12.1 Å². The summed E-state index contributed by atoms with van der Waals surface area (Å²) in [4.78, 5) is 11.5. The molecular weight excluding hydrogens is 332 g/mol. The predicted molar refractivity (Wildman–Crippen MR) is 100 cm³/mol. The first-order valence-corrected chi connectivity index (χ1v) is 9.60. The maximum atomic E-state index is 11.5. The van der Waals surface area contributed by atoms with Crippen LogP contribution in [0.1, 0.15) is 57.9 Å². The summed E-state index contributed by atoms with van der Waals surface area (Å²) in [5.41, 5.74) is 0.998. The molecule has 5 nitrogen and oxygen atoms in total.